The van der Waals surface area contributed by atoms with Gasteiger partial charge in [0.1, 0.15) is 5.69 Å². The van der Waals surface area contributed by atoms with Crippen molar-refractivity contribution in [3.63, 3.8) is 0 Å². The van der Waals surface area contributed by atoms with Crippen LogP contribution >= 0.6 is 0 Å². The third-order valence-electron chi connectivity index (χ3n) is 4.95. The summed E-state index contributed by atoms with van der Waals surface area (Å²) in [5.74, 6) is 0. The lowest BCUT2D eigenvalue weighted by molar-refractivity contribution is -0.106. The summed E-state index contributed by atoms with van der Waals surface area (Å²) in [6.07, 6.45) is 8.87. The number of rotatable bonds is 6. The molecule has 3 heterocycles. The highest BCUT2D eigenvalue weighted by molar-refractivity contribution is 5.85. The van der Waals surface area contributed by atoms with Gasteiger partial charge in [-0.15, -0.1) is 0 Å². The van der Waals surface area contributed by atoms with Crippen molar-refractivity contribution < 1.29 is 14.3 Å². The molecule has 1 aliphatic rings. The number of methoxy groups -OCH3 is 1. The van der Waals surface area contributed by atoms with Gasteiger partial charge in [0, 0.05) is 49.6 Å². The molecule has 1 fully saturated rings. The molecule has 1 unspecified atom stereocenters. The Kier molecular flexibility index (Phi) is 12.6. The number of ether oxygens (including phenoxy) is 1. The first kappa shape index (κ1) is 28.3. The maximum absolute atomic E-state index is 11.0. The van der Waals surface area contributed by atoms with Gasteiger partial charge in [-0.2, -0.15) is 0 Å². The number of primary amides is 1. The second-order valence-corrected chi connectivity index (χ2v) is 7.36. The summed E-state index contributed by atoms with van der Waals surface area (Å²) < 4.78 is 5.45. The van der Waals surface area contributed by atoms with Gasteiger partial charge < -0.3 is 32.2 Å². The molecular formula is C24H35N7O3. The van der Waals surface area contributed by atoms with E-state index >= 15 is 0 Å². The average Bonchev–Trinajstić information content (AvgIpc) is 3.33. The second-order valence-electron chi connectivity index (χ2n) is 7.36. The van der Waals surface area contributed by atoms with Crippen LogP contribution in [0.15, 0.2) is 42.9 Å². The number of amides is 1. The molecule has 184 valence electrons. The molecule has 2 aromatic heterocycles. The molecule has 0 bridgehead atoms. The van der Waals surface area contributed by atoms with Gasteiger partial charge in [-0.1, -0.05) is 0 Å². The van der Waals surface area contributed by atoms with Crippen molar-refractivity contribution in [3.05, 3.63) is 65.4 Å². The Hall–Kier alpha value is -3.76. The fourth-order valence-electron chi connectivity index (χ4n) is 3.31. The van der Waals surface area contributed by atoms with Crippen molar-refractivity contribution >= 4 is 29.7 Å². The summed E-state index contributed by atoms with van der Waals surface area (Å²) in [6, 6.07) is 5.50. The van der Waals surface area contributed by atoms with Crippen LogP contribution in [0.25, 0.3) is 11.3 Å². The summed E-state index contributed by atoms with van der Waals surface area (Å²) in [5, 5.41) is 2.75. The number of nitrogens with one attached hydrogen (secondary N) is 1. The molecular weight excluding hydrogens is 434 g/mol. The van der Waals surface area contributed by atoms with E-state index in [9.17, 15) is 4.79 Å². The number of pyridine rings is 2. The average molecular weight is 470 g/mol. The van der Waals surface area contributed by atoms with E-state index in [4.69, 9.17) is 21.0 Å². The number of anilines is 1. The molecule has 0 radical (unpaired) electrons. The number of aromatic nitrogens is 2. The highest BCUT2D eigenvalue weighted by Gasteiger charge is 2.23. The first-order valence-corrected chi connectivity index (χ1v) is 10.7. The SMILES string of the molecule is CNC.COC1CCN(c2cnc(C)c(/C(N)=C/C(=C\N)c3ccnc(C=O)c3)c2)C1.NC=O. The highest BCUT2D eigenvalue weighted by atomic mass is 16.5. The molecule has 7 N–H and O–H groups in total. The van der Waals surface area contributed by atoms with E-state index in [-0.39, 0.29) is 12.5 Å². The monoisotopic (exact) mass is 469 g/mol. The van der Waals surface area contributed by atoms with Crippen LogP contribution < -0.4 is 27.4 Å². The van der Waals surface area contributed by atoms with E-state index in [1.807, 2.05) is 33.3 Å². The number of carbonyl (C=O) groups is 2. The number of nitrogens with two attached hydrogens (primary N) is 3. The van der Waals surface area contributed by atoms with E-state index in [0.717, 1.165) is 42.0 Å². The molecule has 2 aromatic rings. The summed E-state index contributed by atoms with van der Waals surface area (Å²) in [4.78, 5) is 30.3. The molecule has 0 aliphatic carbocycles. The summed E-state index contributed by atoms with van der Waals surface area (Å²) in [5.41, 5.74) is 21.4. The maximum Gasteiger partial charge on any atom is 0.204 e. The van der Waals surface area contributed by atoms with Crippen molar-refractivity contribution in [2.75, 3.05) is 39.2 Å². The Labute approximate surface area is 200 Å². The van der Waals surface area contributed by atoms with Crippen LogP contribution in [-0.2, 0) is 9.53 Å². The fourth-order valence-corrected chi connectivity index (χ4v) is 3.31. The first-order valence-electron chi connectivity index (χ1n) is 10.7. The van der Waals surface area contributed by atoms with Crippen LogP contribution in [0.1, 0.15) is 33.7 Å². The van der Waals surface area contributed by atoms with Crippen molar-refractivity contribution in [2.45, 2.75) is 19.4 Å². The minimum atomic E-state index is 0.239. The van der Waals surface area contributed by atoms with Gasteiger partial charge in [0.2, 0.25) is 6.41 Å². The number of nitrogens with zero attached hydrogens (tertiary/aromatic N) is 3. The van der Waals surface area contributed by atoms with Crippen LogP contribution in [0.2, 0.25) is 0 Å². The number of aldehydes is 1. The van der Waals surface area contributed by atoms with Crippen LogP contribution in [0, 0.1) is 6.92 Å². The number of allylic oxidation sites excluding steroid dienone is 2. The molecule has 1 aliphatic heterocycles. The fraction of sp³-hybridized carbons (Fsp3) is 0.333. The maximum atomic E-state index is 11.0. The van der Waals surface area contributed by atoms with Crippen molar-refractivity contribution in [3.8, 4) is 0 Å². The lowest BCUT2D eigenvalue weighted by atomic mass is 10.0. The van der Waals surface area contributed by atoms with Crippen LogP contribution in [-0.4, -0.2) is 63.1 Å². The van der Waals surface area contributed by atoms with Gasteiger partial charge in [-0.3, -0.25) is 19.6 Å². The molecule has 1 amide bonds. The number of hydrogen-bond donors (Lipinski definition) is 4. The van der Waals surface area contributed by atoms with Gasteiger partial charge in [0.05, 0.1) is 18.0 Å². The topological polar surface area (TPSA) is 162 Å². The van der Waals surface area contributed by atoms with Crippen LogP contribution in [0.5, 0.6) is 0 Å². The normalized spacial score (nSPS) is 15.5. The predicted molar refractivity (Wildman–Crippen MR) is 136 cm³/mol. The molecule has 10 nitrogen and oxygen atoms in total. The van der Waals surface area contributed by atoms with Gasteiger partial charge in [-0.05, 0) is 62.9 Å². The Morgan fingerprint density at radius 2 is 1.91 bits per heavy atom. The van der Waals surface area contributed by atoms with E-state index in [2.05, 4.69) is 25.9 Å². The summed E-state index contributed by atoms with van der Waals surface area (Å²) in [6.45, 7) is 3.68. The minimum absolute atomic E-state index is 0.239. The zero-order chi connectivity index (χ0) is 25.5. The minimum Gasteiger partial charge on any atom is -0.404 e. The third-order valence-corrected chi connectivity index (χ3v) is 4.95. The van der Waals surface area contributed by atoms with E-state index in [1.54, 1.807) is 31.5 Å². The Balaban J connectivity index is 0.000000872. The lowest BCUT2D eigenvalue weighted by Crippen LogP contribution is -2.22. The van der Waals surface area contributed by atoms with Gasteiger partial charge in [0.25, 0.3) is 0 Å². The molecule has 10 heteroatoms. The smallest absolute Gasteiger partial charge is 0.204 e. The van der Waals surface area contributed by atoms with Crippen molar-refractivity contribution in [2.24, 2.45) is 17.2 Å². The molecule has 3 rings (SSSR count). The van der Waals surface area contributed by atoms with Crippen LogP contribution in [0.3, 0.4) is 0 Å². The predicted octanol–water partition coefficient (Wildman–Crippen LogP) is 1.06. The van der Waals surface area contributed by atoms with E-state index in [1.165, 1.54) is 6.20 Å². The summed E-state index contributed by atoms with van der Waals surface area (Å²) >= 11 is 0. The Morgan fingerprint density at radius 1 is 1.24 bits per heavy atom. The van der Waals surface area contributed by atoms with Crippen LogP contribution in [0.4, 0.5) is 5.69 Å². The highest BCUT2D eigenvalue weighted by Crippen LogP contribution is 2.26. The Bertz CT molecular complexity index is 992. The summed E-state index contributed by atoms with van der Waals surface area (Å²) in [7, 11) is 5.49. The third kappa shape index (κ3) is 8.30. The molecule has 34 heavy (non-hydrogen) atoms. The largest absolute Gasteiger partial charge is 0.404 e. The zero-order valence-corrected chi connectivity index (χ0v) is 20.2. The molecule has 1 atom stereocenters. The molecule has 0 saturated carbocycles. The molecule has 0 spiro atoms. The lowest BCUT2D eigenvalue weighted by Gasteiger charge is -2.19. The van der Waals surface area contributed by atoms with Gasteiger partial charge >= 0.3 is 0 Å². The molecule has 1 saturated heterocycles. The van der Waals surface area contributed by atoms with E-state index in [0.29, 0.717) is 23.3 Å². The van der Waals surface area contributed by atoms with Crippen molar-refractivity contribution in [1.82, 2.24) is 15.3 Å². The van der Waals surface area contributed by atoms with Gasteiger partial charge in [0.15, 0.2) is 6.29 Å². The Morgan fingerprint density at radius 3 is 2.47 bits per heavy atom. The quantitative estimate of drug-likeness (QED) is 0.358. The molecule has 0 aromatic carbocycles. The van der Waals surface area contributed by atoms with Gasteiger partial charge in [-0.25, -0.2) is 0 Å². The van der Waals surface area contributed by atoms with E-state index < -0.39 is 0 Å². The number of aryl methyl sites for hydroxylation is 1. The number of carbonyl (C=O) groups excluding carboxylic acids is 2. The second kappa shape index (κ2) is 15.1. The standard InChI is InChI=1S/C21H25N5O2.C2H7N.CH3NO/c1-14-20(9-18(11-25-14)26-6-4-19(12-26)28-2)21(23)8-16(10-22)15-3-5-24-17(7-15)13-27;1-3-2;2-1-3/h3,5,7-11,13,19H,4,6,12,22-23H2,1-2H3;3H,1-2H3;1H,(H2,2,3)/b16-10+,21-8-;;. The van der Waals surface area contributed by atoms with Crippen molar-refractivity contribution in [1.29, 1.82) is 0 Å². The zero-order valence-electron chi connectivity index (χ0n) is 20.2. The number of hydrogen-bond acceptors (Lipinski definition) is 9. The first-order chi connectivity index (χ1) is 16.4.